The molecule has 5 nitrogen and oxygen atoms in total. The lowest BCUT2D eigenvalue weighted by Gasteiger charge is -2.31. The highest BCUT2D eigenvalue weighted by Crippen LogP contribution is 2.18. The summed E-state index contributed by atoms with van der Waals surface area (Å²) in [4.78, 5) is 17.3. The van der Waals surface area contributed by atoms with E-state index in [4.69, 9.17) is 11.0 Å². The summed E-state index contributed by atoms with van der Waals surface area (Å²) in [6, 6.07) is 3.74. The topological polar surface area (TPSA) is 85.9 Å². The Morgan fingerprint density at radius 3 is 2.95 bits per heavy atom. The van der Waals surface area contributed by atoms with Crippen molar-refractivity contribution in [3.05, 3.63) is 33.2 Å². The number of hydrogen-bond acceptors (Lipinski definition) is 4. The predicted octanol–water partition coefficient (Wildman–Crippen LogP) is 0.535. The van der Waals surface area contributed by atoms with Crippen molar-refractivity contribution in [3.8, 4) is 6.07 Å². The van der Waals surface area contributed by atoms with Crippen LogP contribution in [0.1, 0.15) is 30.7 Å². The minimum Gasteiger partial charge on any atom is -0.324 e. The number of nitrogens with one attached hydrogen (secondary N) is 1. The Balaban J connectivity index is 2.26. The minimum atomic E-state index is -0.616. The van der Waals surface area contributed by atoms with Crippen molar-refractivity contribution in [2.75, 3.05) is 6.54 Å². The van der Waals surface area contributed by atoms with E-state index in [1.807, 2.05) is 12.1 Å². The number of pyridine rings is 1. The molecule has 5 heteroatoms. The van der Waals surface area contributed by atoms with E-state index in [9.17, 15) is 4.79 Å². The van der Waals surface area contributed by atoms with Crippen molar-refractivity contribution < 1.29 is 0 Å². The van der Waals surface area contributed by atoms with Crippen LogP contribution in [0.15, 0.2) is 10.9 Å². The Morgan fingerprint density at radius 2 is 2.32 bits per heavy atom. The normalized spacial score (nSPS) is 17.0. The highest BCUT2D eigenvalue weighted by atomic mass is 16.1. The third kappa shape index (κ3) is 3.03. The molecule has 1 aromatic rings. The first-order valence-electron chi connectivity index (χ1n) is 6.64. The minimum absolute atomic E-state index is 0.116. The summed E-state index contributed by atoms with van der Waals surface area (Å²) in [5, 5.41) is 8.73. The van der Waals surface area contributed by atoms with Crippen LogP contribution in [0.2, 0.25) is 0 Å². The van der Waals surface area contributed by atoms with Crippen LogP contribution in [-0.2, 0) is 19.4 Å². The van der Waals surface area contributed by atoms with Gasteiger partial charge in [-0.05, 0) is 31.9 Å². The zero-order valence-corrected chi connectivity index (χ0v) is 11.4. The summed E-state index contributed by atoms with van der Waals surface area (Å²) in [5.74, 6) is 0. The second kappa shape index (κ2) is 5.55. The van der Waals surface area contributed by atoms with Gasteiger partial charge < -0.3 is 10.7 Å². The first kappa shape index (κ1) is 13.8. The monoisotopic (exact) mass is 260 g/mol. The maximum absolute atomic E-state index is 12.0. The number of aromatic nitrogens is 1. The largest absolute Gasteiger partial charge is 0.324 e. The number of aromatic amines is 1. The quantitative estimate of drug-likeness (QED) is 0.830. The molecule has 1 atom stereocenters. The first-order valence-corrected chi connectivity index (χ1v) is 6.64. The summed E-state index contributed by atoms with van der Waals surface area (Å²) in [7, 11) is 0. The molecule has 2 heterocycles. The van der Waals surface area contributed by atoms with Crippen molar-refractivity contribution in [2.24, 2.45) is 5.73 Å². The van der Waals surface area contributed by atoms with E-state index in [1.54, 1.807) is 0 Å². The fraction of sp³-hybridized carbons (Fsp3) is 0.571. The Morgan fingerprint density at radius 1 is 1.58 bits per heavy atom. The summed E-state index contributed by atoms with van der Waals surface area (Å²) in [6.07, 6.45) is 1.24. The predicted molar refractivity (Wildman–Crippen MR) is 73.6 cm³/mol. The number of nitrogens with two attached hydrogens (primary N) is 1. The average Bonchev–Trinajstić information content (AvgIpc) is 2.38. The molecule has 0 aromatic carbocycles. The van der Waals surface area contributed by atoms with Crippen LogP contribution in [0, 0.1) is 11.3 Å². The maximum atomic E-state index is 12.0. The highest BCUT2D eigenvalue weighted by molar-refractivity contribution is 5.28. The van der Waals surface area contributed by atoms with Gasteiger partial charge in [0.1, 0.15) is 0 Å². The second-order valence-corrected chi connectivity index (χ2v) is 5.38. The molecule has 102 valence electrons. The zero-order chi connectivity index (χ0) is 14.0. The van der Waals surface area contributed by atoms with Gasteiger partial charge in [0.2, 0.25) is 0 Å². The lowest BCUT2D eigenvalue weighted by Crippen LogP contribution is -2.38. The van der Waals surface area contributed by atoms with Crippen LogP contribution in [-0.4, -0.2) is 28.5 Å². The molecule has 1 unspecified atom stereocenters. The second-order valence-electron chi connectivity index (χ2n) is 5.38. The van der Waals surface area contributed by atoms with Crippen LogP contribution >= 0.6 is 0 Å². The van der Waals surface area contributed by atoms with Crippen molar-refractivity contribution in [1.29, 1.82) is 5.26 Å². The third-order valence-electron chi connectivity index (χ3n) is 3.66. The van der Waals surface area contributed by atoms with Gasteiger partial charge in [-0.1, -0.05) is 0 Å². The summed E-state index contributed by atoms with van der Waals surface area (Å²) < 4.78 is 0. The molecule has 0 bridgehead atoms. The van der Waals surface area contributed by atoms with Gasteiger partial charge in [-0.2, -0.15) is 5.26 Å². The molecule has 0 radical (unpaired) electrons. The molecule has 1 aromatic heterocycles. The molecule has 0 saturated carbocycles. The van der Waals surface area contributed by atoms with Crippen LogP contribution < -0.4 is 11.3 Å². The molecule has 0 amide bonds. The van der Waals surface area contributed by atoms with Gasteiger partial charge in [0.15, 0.2) is 0 Å². The van der Waals surface area contributed by atoms with Crippen molar-refractivity contribution in [1.82, 2.24) is 9.88 Å². The first-order chi connectivity index (χ1) is 9.01. The Labute approximate surface area is 113 Å². The molecule has 0 spiro atoms. The lowest BCUT2D eigenvalue weighted by molar-refractivity contribution is 0.200. The number of fused-ring (bicyclic) bond motifs is 1. The van der Waals surface area contributed by atoms with E-state index in [1.165, 1.54) is 5.56 Å². The van der Waals surface area contributed by atoms with E-state index in [0.717, 1.165) is 25.2 Å². The van der Waals surface area contributed by atoms with Gasteiger partial charge in [0.05, 0.1) is 12.1 Å². The maximum Gasteiger partial charge on any atom is 0.251 e. The molecule has 2 rings (SSSR count). The van der Waals surface area contributed by atoms with E-state index in [-0.39, 0.29) is 5.56 Å². The number of hydrogen-bond donors (Lipinski definition) is 2. The van der Waals surface area contributed by atoms with E-state index in [2.05, 4.69) is 23.7 Å². The van der Waals surface area contributed by atoms with Gasteiger partial charge in [-0.25, -0.2) is 0 Å². The molecule has 0 saturated heterocycles. The van der Waals surface area contributed by atoms with Crippen LogP contribution in [0.25, 0.3) is 0 Å². The number of H-pyrrole nitrogens is 1. The van der Waals surface area contributed by atoms with Gasteiger partial charge in [-0.15, -0.1) is 0 Å². The summed E-state index contributed by atoms with van der Waals surface area (Å²) >= 11 is 0. The van der Waals surface area contributed by atoms with Crippen LogP contribution in [0.4, 0.5) is 0 Å². The Hall–Kier alpha value is -1.64. The Bertz CT molecular complexity index is 556. The van der Waals surface area contributed by atoms with E-state index in [0.29, 0.717) is 18.0 Å². The Kier molecular flexibility index (Phi) is 4.03. The lowest BCUT2D eigenvalue weighted by atomic mass is 9.99. The summed E-state index contributed by atoms with van der Waals surface area (Å²) in [6.45, 7) is 6.10. The number of nitriles is 1. The fourth-order valence-corrected chi connectivity index (χ4v) is 2.45. The van der Waals surface area contributed by atoms with Gasteiger partial charge in [-0.3, -0.25) is 9.69 Å². The highest BCUT2D eigenvalue weighted by Gasteiger charge is 2.20. The number of rotatable bonds is 3. The van der Waals surface area contributed by atoms with Gasteiger partial charge >= 0.3 is 0 Å². The van der Waals surface area contributed by atoms with Crippen LogP contribution in [0.5, 0.6) is 0 Å². The van der Waals surface area contributed by atoms with Crippen molar-refractivity contribution >= 4 is 0 Å². The third-order valence-corrected chi connectivity index (χ3v) is 3.66. The van der Waals surface area contributed by atoms with Gasteiger partial charge in [0, 0.05) is 36.8 Å². The zero-order valence-electron chi connectivity index (χ0n) is 11.4. The molecule has 3 N–H and O–H groups in total. The molecule has 1 aliphatic rings. The smallest absolute Gasteiger partial charge is 0.251 e. The molecule has 19 heavy (non-hydrogen) atoms. The SMILES string of the molecule is CC(C)N1CCc2cc(CC(N)C#N)c(=O)[nH]c2C1. The van der Waals surface area contributed by atoms with E-state index < -0.39 is 6.04 Å². The number of nitrogens with zero attached hydrogens (tertiary/aromatic N) is 2. The van der Waals surface area contributed by atoms with Crippen molar-refractivity contribution in [3.63, 3.8) is 0 Å². The summed E-state index contributed by atoms with van der Waals surface area (Å²) in [5.41, 5.74) is 8.27. The molecule has 0 aliphatic carbocycles. The molecular weight excluding hydrogens is 240 g/mol. The van der Waals surface area contributed by atoms with E-state index >= 15 is 0 Å². The van der Waals surface area contributed by atoms with Crippen LogP contribution in [0.3, 0.4) is 0 Å². The fourth-order valence-electron chi connectivity index (χ4n) is 2.45. The molecular formula is C14H20N4O. The molecule has 0 fully saturated rings. The van der Waals surface area contributed by atoms with Crippen molar-refractivity contribution in [2.45, 2.75) is 45.3 Å². The average molecular weight is 260 g/mol. The molecule has 1 aliphatic heterocycles. The standard InChI is InChI=1S/C14H20N4O/c1-9(2)18-4-3-10-5-11(6-12(16)7-15)14(19)17-13(10)8-18/h5,9,12H,3-4,6,8,16H2,1-2H3,(H,17,19). The van der Waals surface area contributed by atoms with Gasteiger partial charge in [0.25, 0.3) is 5.56 Å².